The van der Waals surface area contributed by atoms with Gasteiger partial charge in [-0.2, -0.15) is 18.3 Å². The van der Waals surface area contributed by atoms with Crippen LogP contribution in [0.2, 0.25) is 0 Å². The van der Waals surface area contributed by atoms with Gasteiger partial charge >= 0.3 is 6.18 Å². The molecule has 2 N–H and O–H groups in total. The quantitative estimate of drug-likeness (QED) is 0.805. The van der Waals surface area contributed by atoms with Gasteiger partial charge in [0, 0.05) is 32.5 Å². The van der Waals surface area contributed by atoms with Gasteiger partial charge in [0.2, 0.25) is 0 Å². The maximum atomic E-state index is 12.8. The van der Waals surface area contributed by atoms with E-state index in [9.17, 15) is 13.2 Å². The molecule has 5 nitrogen and oxygen atoms in total. The van der Waals surface area contributed by atoms with Crippen LogP contribution in [0.5, 0.6) is 0 Å². The van der Waals surface area contributed by atoms with E-state index in [0.717, 1.165) is 18.6 Å². The van der Waals surface area contributed by atoms with Crippen LogP contribution in [0, 0.1) is 0 Å². The molecule has 0 radical (unpaired) electrons. The summed E-state index contributed by atoms with van der Waals surface area (Å²) >= 11 is 0. The van der Waals surface area contributed by atoms with E-state index in [1.807, 2.05) is 12.3 Å². The van der Waals surface area contributed by atoms with Crippen LogP contribution in [0.25, 0.3) is 0 Å². The van der Waals surface area contributed by atoms with E-state index in [-0.39, 0.29) is 11.6 Å². The zero-order chi connectivity index (χ0) is 15.3. The number of halogens is 3. The number of anilines is 2. The highest BCUT2D eigenvalue weighted by Gasteiger charge is 2.31. The first kappa shape index (κ1) is 15.1. The van der Waals surface area contributed by atoms with Gasteiger partial charge in [0.1, 0.15) is 11.6 Å². The van der Waals surface area contributed by atoms with Crippen molar-refractivity contribution in [1.82, 2.24) is 14.8 Å². The molecule has 0 aliphatic rings. The number of hydrogen-bond donors (Lipinski definition) is 2. The molecule has 2 aromatic rings. The Labute approximate surface area is 120 Å². The monoisotopic (exact) mass is 299 g/mol. The number of aromatic nitrogens is 3. The molecule has 2 aromatic heterocycles. The fourth-order valence-corrected chi connectivity index (χ4v) is 1.80. The molecule has 0 bridgehead atoms. The van der Waals surface area contributed by atoms with Crippen LogP contribution in [0.4, 0.5) is 24.8 Å². The third-order valence-electron chi connectivity index (χ3n) is 2.84. The van der Waals surface area contributed by atoms with E-state index in [2.05, 4.69) is 20.7 Å². The minimum atomic E-state index is -4.39. The van der Waals surface area contributed by atoms with Crippen molar-refractivity contribution in [2.75, 3.05) is 24.2 Å². The van der Waals surface area contributed by atoms with Crippen molar-refractivity contribution in [3.8, 4) is 0 Å². The molecule has 0 aliphatic carbocycles. The zero-order valence-corrected chi connectivity index (χ0v) is 11.5. The predicted octanol–water partition coefficient (Wildman–Crippen LogP) is 2.84. The molecular formula is C13H16F3N5. The summed E-state index contributed by atoms with van der Waals surface area (Å²) in [5.41, 5.74) is -0.726. The third kappa shape index (κ3) is 4.37. The zero-order valence-electron chi connectivity index (χ0n) is 11.5. The standard InChI is InChI=1S/C13H16F3N5/c1-17-11-8-10(13(14,15)16)9-12(20-11)18-4-2-6-21-7-3-5-19-21/h3,5,7-9H,2,4,6H2,1H3,(H2,17,18,20). The van der Waals surface area contributed by atoms with Crippen LogP contribution in [0.3, 0.4) is 0 Å². The molecule has 0 fully saturated rings. The fraction of sp³-hybridized carbons (Fsp3) is 0.385. The number of rotatable bonds is 6. The Kier molecular flexibility index (Phi) is 4.66. The SMILES string of the molecule is CNc1cc(C(F)(F)F)cc(NCCCn2cccn2)n1. The van der Waals surface area contributed by atoms with Crippen molar-refractivity contribution in [2.45, 2.75) is 19.1 Å². The smallest absolute Gasteiger partial charge is 0.373 e. The van der Waals surface area contributed by atoms with E-state index in [1.54, 1.807) is 10.9 Å². The highest BCUT2D eigenvalue weighted by Crippen LogP contribution is 2.31. The molecule has 21 heavy (non-hydrogen) atoms. The molecule has 2 heterocycles. The van der Waals surface area contributed by atoms with Crippen LogP contribution in [-0.4, -0.2) is 28.4 Å². The molecule has 2 rings (SSSR count). The first-order valence-electron chi connectivity index (χ1n) is 6.47. The van der Waals surface area contributed by atoms with Gasteiger partial charge in [-0.25, -0.2) is 4.98 Å². The number of alkyl halides is 3. The van der Waals surface area contributed by atoms with Crippen LogP contribution >= 0.6 is 0 Å². The Morgan fingerprint density at radius 2 is 2.00 bits per heavy atom. The molecule has 0 atom stereocenters. The molecule has 0 saturated heterocycles. The van der Waals surface area contributed by atoms with Crippen LogP contribution in [0.1, 0.15) is 12.0 Å². The fourth-order valence-electron chi connectivity index (χ4n) is 1.80. The van der Waals surface area contributed by atoms with E-state index in [0.29, 0.717) is 13.1 Å². The van der Waals surface area contributed by atoms with Gasteiger partial charge in [-0.3, -0.25) is 4.68 Å². The lowest BCUT2D eigenvalue weighted by atomic mass is 10.2. The second-order valence-electron chi connectivity index (χ2n) is 4.42. The molecule has 0 aromatic carbocycles. The van der Waals surface area contributed by atoms with Gasteiger partial charge in [-0.05, 0) is 24.6 Å². The van der Waals surface area contributed by atoms with Crippen molar-refractivity contribution < 1.29 is 13.2 Å². The normalized spacial score (nSPS) is 11.4. The number of pyridine rings is 1. The van der Waals surface area contributed by atoms with Gasteiger partial charge < -0.3 is 10.6 Å². The van der Waals surface area contributed by atoms with Crippen LogP contribution < -0.4 is 10.6 Å². The van der Waals surface area contributed by atoms with E-state index in [4.69, 9.17) is 0 Å². The van der Waals surface area contributed by atoms with E-state index < -0.39 is 11.7 Å². The lowest BCUT2D eigenvalue weighted by Crippen LogP contribution is -2.11. The van der Waals surface area contributed by atoms with Crippen molar-refractivity contribution in [3.63, 3.8) is 0 Å². The Balaban J connectivity index is 1.95. The summed E-state index contributed by atoms with van der Waals surface area (Å²) in [5, 5.41) is 9.58. The lowest BCUT2D eigenvalue weighted by molar-refractivity contribution is -0.137. The van der Waals surface area contributed by atoms with Gasteiger partial charge in [-0.1, -0.05) is 0 Å². The molecule has 8 heteroatoms. The average molecular weight is 299 g/mol. The van der Waals surface area contributed by atoms with Crippen molar-refractivity contribution in [3.05, 3.63) is 36.2 Å². The minimum Gasteiger partial charge on any atom is -0.373 e. The van der Waals surface area contributed by atoms with Gasteiger partial charge in [0.25, 0.3) is 0 Å². The molecule has 0 amide bonds. The van der Waals surface area contributed by atoms with Crippen molar-refractivity contribution >= 4 is 11.6 Å². The van der Waals surface area contributed by atoms with Gasteiger partial charge in [-0.15, -0.1) is 0 Å². The first-order chi connectivity index (χ1) is 9.99. The highest BCUT2D eigenvalue weighted by atomic mass is 19.4. The average Bonchev–Trinajstić information content (AvgIpc) is 2.95. The summed E-state index contributed by atoms with van der Waals surface area (Å²) in [5.74, 6) is 0.383. The van der Waals surface area contributed by atoms with Crippen LogP contribution in [-0.2, 0) is 12.7 Å². The molecule has 114 valence electrons. The minimum absolute atomic E-state index is 0.180. The van der Waals surface area contributed by atoms with E-state index in [1.165, 1.54) is 7.05 Å². The third-order valence-corrected chi connectivity index (χ3v) is 2.84. The second kappa shape index (κ2) is 6.47. The summed E-state index contributed by atoms with van der Waals surface area (Å²) in [6.07, 6.45) is -0.142. The van der Waals surface area contributed by atoms with E-state index >= 15 is 0 Å². The van der Waals surface area contributed by atoms with Gasteiger partial charge in [0.05, 0.1) is 5.56 Å². The summed E-state index contributed by atoms with van der Waals surface area (Å²) in [6, 6.07) is 3.81. The van der Waals surface area contributed by atoms with Crippen molar-refractivity contribution in [1.29, 1.82) is 0 Å². The first-order valence-corrected chi connectivity index (χ1v) is 6.47. The largest absolute Gasteiger partial charge is 0.416 e. The maximum absolute atomic E-state index is 12.8. The summed E-state index contributed by atoms with van der Waals surface area (Å²) in [6.45, 7) is 1.20. The molecule has 0 unspecified atom stereocenters. The van der Waals surface area contributed by atoms with Crippen molar-refractivity contribution in [2.24, 2.45) is 0 Å². The Bertz CT molecular complexity index is 566. The second-order valence-corrected chi connectivity index (χ2v) is 4.42. The summed E-state index contributed by atoms with van der Waals surface area (Å²) in [4.78, 5) is 4.06. The Morgan fingerprint density at radius 3 is 2.62 bits per heavy atom. The van der Waals surface area contributed by atoms with Crippen LogP contribution in [0.15, 0.2) is 30.6 Å². The lowest BCUT2D eigenvalue weighted by Gasteiger charge is -2.12. The molecule has 0 aliphatic heterocycles. The number of nitrogens with one attached hydrogen (secondary N) is 2. The number of hydrogen-bond acceptors (Lipinski definition) is 4. The Hall–Kier alpha value is -2.25. The molecule has 0 saturated carbocycles. The van der Waals surface area contributed by atoms with Gasteiger partial charge in [0.15, 0.2) is 0 Å². The highest BCUT2D eigenvalue weighted by molar-refractivity contribution is 5.49. The summed E-state index contributed by atoms with van der Waals surface area (Å²) in [7, 11) is 1.53. The predicted molar refractivity (Wildman–Crippen MR) is 74.1 cm³/mol. The summed E-state index contributed by atoms with van der Waals surface area (Å²) < 4.78 is 40.1. The number of aryl methyl sites for hydroxylation is 1. The number of nitrogens with zero attached hydrogens (tertiary/aromatic N) is 3. The maximum Gasteiger partial charge on any atom is 0.416 e. The molecule has 0 spiro atoms. The molecular weight excluding hydrogens is 283 g/mol. The topological polar surface area (TPSA) is 54.8 Å². The Morgan fingerprint density at radius 1 is 1.24 bits per heavy atom.